The minimum absolute atomic E-state index is 0.0234. The van der Waals surface area contributed by atoms with Crippen LogP contribution in [0.25, 0.3) is 0 Å². The summed E-state index contributed by atoms with van der Waals surface area (Å²) in [6.45, 7) is 3.83. The predicted octanol–water partition coefficient (Wildman–Crippen LogP) is 3.95. The first kappa shape index (κ1) is 20.8. The summed E-state index contributed by atoms with van der Waals surface area (Å²) in [6.07, 6.45) is 0. The fraction of sp³-hybridized carbons (Fsp3) is 0.333. The van der Waals surface area contributed by atoms with Crippen molar-refractivity contribution in [2.75, 3.05) is 13.7 Å². The molecule has 144 valence electrons. The molecule has 0 saturated carbocycles. The summed E-state index contributed by atoms with van der Waals surface area (Å²) in [4.78, 5) is 24.5. The van der Waals surface area contributed by atoms with Crippen molar-refractivity contribution >= 4 is 23.5 Å². The van der Waals surface area contributed by atoms with Gasteiger partial charge >= 0.3 is 5.97 Å². The van der Waals surface area contributed by atoms with E-state index in [4.69, 9.17) is 21.1 Å². The molecule has 0 aromatic heterocycles. The SMILES string of the molecule is COc1ccccc1CNC(=O)COC(=O)[C@H](c1ccc(Cl)cc1)C(C)C. The zero-order valence-electron chi connectivity index (χ0n) is 15.7. The maximum Gasteiger partial charge on any atom is 0.314 e. The Balaban J connectivity index is 1.90. The van der Waals surface area contributed by atoms with Crippen molar-refractivity contribution in [2.24, 2.45) is 5.92 Å². The topological polar surface area (TPSA) is 64.6 Å². The monoisotopic (exact) mass is 389 g/mol. The molecule has 6 heteroatoms. The van der Waals surface area contributed by atoms with Crippen LogP contribution in [0.3, 0.4) is 0 Å². The molecule has 0 aliphatic rings. The second-order valence-corrected chi connectivity index (χ2v) is 6.91. The Hall–Kier alpha value is -2.53. The van der Waals surface area contributed by atoms with Gasteiger partial charge < -0.3 is 14.8 Å². The Morgan fingerprint density at radius 2 is 1.74 bits per heavy atom. The van der Waals surface area contributed by atoms with Crippen LogP contribution in [-0.2, 0) is 20.9 Å². The number of rotatable bonds is 8. The average molecular weight is 390 g/mol. The third kappa shape index (κ3) is 6.00. The number of carbonyl (C=O) groups excluding carboxylic acids is 2. The van der Waals surface area contributed by atoms with Crippen LogP contribution >= 0.6 is 11.6 Å². The molecular formula is C21H24ClNO4. The molecule has 0 saturated heterocycles. The fourth-order valence-electron chi connectivity index (χ4n) is 2.78. The molecule has 0 bridgehead atoms. The number of hydrogen-bond donors (Lipinski definition) is 1. The van der Waals surface area contributed by atoms with Crippen molar-refractivity contribution in [3.05, 3.63) is 64.7 Å². The van der Waals surface area contributed by atoms with Gasteiger partial charge in [-0.3, -0.25) is 9.59 Å². The highest BCUT2D eigenvalue weighted by Gasteiger charge is 2.26. The molecule has 0 aliphatic heterocycles. The summed E-state index contributed by atoms with van der Waals surface area (Å²) in [5.41, 5.74) is 1.66. The number of amides is 1. The van der Waals surface area contributed by atoms with Gasteiger partial charge in [0.25, 0.3) is 5.91 Å². The van der Waals surface area contributed by atoms with Gasteiger partial charge in [0, 0.05) is 17.1 Å². The van der Waals surface area contributed by atoms with Gasteiger partial charge in [0.1, 0.15) is 5.75 Å². The van der Waals surface area contributed by atoms with E-state index in [1.54, 1.807) is 31.4 Å². The molecule has 0 fully saturated rings. The van der Waals surface area contributed by atoms with Crippen LogP contribution in [0.15, 0.2) is 48.5 Å². The van der Waals surface area contributed by atoms with E-state index >= 15 is 0 Å². The number of nitrogens with one attached hydrogen (secondary N) is 1. The number of esters is 1. The Morgan fingerprint density at radius 3 is 2.37 bits per heavy atom. The van der Waals surface area contributed by atoms with Gasteiger partial charge in [-0.05, 0) is 29.7 Å². The third-order valence-corrected chi connectivity index (χ3v) is 4.42. The van der Waals surface area contributed by atoms with E-state index in [0.717, 1.165) is 11.1 Å². The van der Waals surface area contributed by atoms with Gasteiger partial charge in [-0.25, -0.2) is 0 Å². The smallest absolute Gasteiger partial charge is 0.314 e. The zero-order chi connectivity index (χ0) is 19.8. The standard InChI is InChI=1S/C21H24ClNO4/c1-14(2)20(15-8-10-17(22)11-9-15)21(25)27-13-19(24)23-12-16-6-4-5-7-18(16)26-3/h4-11,14,20H,12-13H2,1-3H3,(H,23,24)/t20-/m0/s1. The van der Waals surface area contributed by atoms with Crippen LogP contribution in [0.5, 0.6) is 5.75 Å². The van der Waals surface area contributed by atoms with Gasteiger partial charge in [0.15, 0.2) is 6.61 Å². The minimum atomic E-state index is -0.454. The van der Waals surface area contributed by atoms with Crippen molar-refractivity contribution in [3.63, 3.8) is 0 Å². The summed E-state index contributed by atoms with van der Waals surface area (Å²) in [5.74, 6) is -0.537. The van der Waals surface area contributed by atoms with Crippen molar-refractivity contribution in [2.45, 2.75) is 26.3 Å². The summed E-state index contributed by atoms with van der Waals surface area (Å²) >= 11 is 5.91. The number of halogens is 1. The van der Waals surface area contributed by atoms with E-state index in [1.165, 1.54) is 0 Å². The maximum atomic E-state index is 12.5. The Kier molecular flexibility index (Phi) is 7.67. The maximum absolute atomic E-state index is 12.5. The van der Waals surface area contributed by atoms with Crippen molar-refractivity contribution in [1.29, 1.82) is 0 Å². The highest BCUT2D eigenvalue weighted by atomic mass is 35.5. The second-order valence-electron chi connectivity index (χ2n) is 6.47. The largest absolute Gasteiger partial charge is 0.496 e. The molecule has 0 heterocycles. The van der Waals surface area contributed by atoms with Crippen LogP contribution in [0.4, 0.5) is 0 Å². The lowest BCUT2D eigenvalue weighted by Gasteiger charge is -2.20. The summed E-state index contributed by atoms with van der Waals surface area (Å²) < 4.78 is 10.5. The Morgan fingerprint density at radius 1 is 1.07 bits per heavy atom. The number of ether oxygens (including phenoxy) is 2. The van der Waals surface area contributed by atoms with E-state index in [2.05, 4.69) is 5.32 Å². The highest BCUT2D eigenvalue weighted by Crippen LogP contribution is 2.27. The average Bonchev–Trinajstić information content (AvgIpc) is 2.66. The molecule has 0 aliphatic carbocycles. The van der Waals surface area contributed by atoms with Gasteiger partial charge in [0.05, 0.1) is 13.0 Å². The highest BCUT2D eigenvalue weighted by molar-refractivity contribution is 6.30. The van der Waals surface area contributed by atoms with E-state index in [9.17, 15) is 9.59 Å². The molecule has 2 rings (SSSR count). The number of carbonyl (C=O) groups is 2. The molecule has 0 radical (unpaired) electrons. The first-order chi connectivity index (χ1) is 12.9. The molecule has 1 N–H and O–H groups in total. The van der Waals surface area contributed by atoms with E-state index in [0.29, 0.717) is 17.3 Å². The Bertz CT molecular complexity index is 774. The second kappa shape index (κ2) is 9.97. The molecule has 5 nitrogen and oxygen atoms in total. The molecule has 2 aromatic carbocycles. The number of methoxy groups -OCH3 is 1. The first-order valence-corrected chi connectivity index (χ1v) is 9.11. The minimum Gasteiger partial charge on any atom is -0.496 e. The quantitative estimate of drug-likeness (QED) is 0.694. The van der Waals surface area contributed by atoms with E-state index in [1.807, 2.05) is 38.1 Å². The van der Waals surface area contributed by atoms with Gasteiger partial charge in [0.2, 0.25) is 0 Å². The van der Waals surface area contributed by atoms with Gasteiger partial charge in [-0.15, -0.1) is 0 Å². The molecule has 2 aromatic rings. The number of para-hydroxylation sites is 1. The lowest BCUT2D eigenvalue weighted by Crippen LogP contribution is -2.30. The molecule has 0 unspecified atom stereocenters. The lowest BCUT2D eigenvalue weighted by molar-refractivity contribution is -0.151. The van der Waals surface area contributed by atoms with Crippen LogP contribution in [0.1, 0.15) is 30.9 Å². The predicted molar refractivity (Wildman–Crippen MR) is 105 cm³/mol. The van der Waals surface area contributed by atoms with Crippen molar-refractivity contribution in [1.82, 2.24) is 5.32 Å². The third-order valence-electron chi connectivity index (χ3n) is 4.16. The first-order valence-electron chi connectivity index (χ1n) is 8.73. The number of benzene rings is 2. The molecule has 0 spiro atoms. The zero-order valence-corrected chi connectivity index (χ0v) is 16.5. The molecular weight excluding hydrogens is 366 g/mol. The van der Waals surface area contributed by atoms with E-state index < -0.39 is 11.9 Å². The lowest BCUT2D eigenvalue weighted by atomic mass is 9.88. The summed E-state index contributed by atoms with van der Waals surface area (Å²) in [6, 6.07) is 14.5. The molecule has 27 heavy (non-hydrogen) atoms. The van der Waals surface area contributed by atoms with Crippen LogP contribution in [-0.4, -0.2) is 25.6 Å². The van der Waals surface area contributed by atoms with Crippen LogP contribution < -0.4 is 10.1 Å². The van der Waals surface area contributed by atoms with Crippen molar-refractivity contribution in [3.8, 4) is 5.75 Å². The van der Waals surface area contributed by atoms with Gasteiger partial charge in [-0.1, -0.05) is 55.8 Å². The molecule has 1 atom stereocenters. The van der Waals surface area contributed by atoms with Crippen LogP contribution in [0, 0.1) is 5.92 Å². The number of hydrogen-bond acceptors (Lipinski definition) is 4. The fourth-order valence-corrected chi connectivity index (χ4v) is 2.91. The normalized spacial score (nSPS) is 11.7. The van der Waals surface area contributed by atoms with Gasteiger partial charge in [-0.2, -0.15) is 0 Å². The summed E-state index contributed by atoms with van der Waals surface area (Å²) in [5, 5.41) is 3.33. The van der Waals surface area contributed by atoms with E-state index in [-0.39, 0.29) is 18.4 Å². The Labute approximate surface area is 164 Å². The summed E-state index contributed by atoms with van der Waals surface area (Å²) in [7, 11) is 1.57. The molecule has 1 amide bonds. The van der Waals surface area contributed by atoms with Crippen molar-refractivity contribution < 1.29 is 19.1 Å². The van der Waals surface area contributed by atoms with Crippen LogP contribution in [0.2, 0.25) is 5.02 Å².